The Bertz CT molecular complexity index is 1180. The topological polar surface area (TPSA) is 40.2 Å². The summed E-state index contributed by atoms with van der Waals surface area (Å²) in [5, 5.41) is 2.26. The molecule has 2 spiro atoms. The van der Waals surface area contributed by atoms with Crippen LogP contribution >= 0.6 is 0 Å². The molecule has 3 aromatic rings. The van der Waals surface area contributed by atoms with Gasteiger partial charge in [0.15, 0.2) is 0 Å². The number of hydroxylamine groups is 2. The van der Waals surface area contributed by atoms with Gasteiger partial charge in [0.1, 0.15) is 12.2 Å². The van der Waals surface area contributed by atoms with Gasteiger partial charge in [0.05, 0.1) is 44.1 Å². The van der Waals surface area contributed by atoms with E-state index in [9.17, 15) is 0 Å². The lowest BCUT2D eigenvalue weighted by Crippen LogP contribution is -2.44. The number of benzene rings is 3. The Morgan fingerprint density at radius 3 is 1.68 bits per heavy atom. The van der Waals surface area contributed by atoms with Crippen LogP contribution in [0.5, 0.6) is 0 Å². The average Bonchev–Trinajstić information content (AvgIpc) is 3.86. The predicted octanol–water partition coefficient (Wildman–Crippen LogP) is 5.68. The number of hydrogen-bond acceptors (Lipinski definition) is 5. The number of hydrogen-bond donors (Lipinski definition) is 0. The van der Waals surface area contributed by atoms with E-state index in [1.807, 2.05) is 18.2 Å². The van der Waals surface area contributed by atoms with Crippen molar-refractivity contribution < 1.29 is 19.0 Å². The van der Waals surface area contributed by atoms with Crippen molar-refractivity contribution in [3.05, 3.63) is 108 Å². The molecule has 37 heavy (non-hydrogen) atoms. The third-order valence-electron chi connectivity index (χ3n) is 8.83. The number of nitrogens with zero attached hydrogens (tertiary/aromatic N) is 1. The van der Waals surface area contributed by atoms with Crippen LogP contribution in [0.4, 0.5) is 0 Å². The van der Waals surface area contributed by atoms with E-state index >= 15 is 0 Å². The number of rotatable bonds is 10. The first-order valence-corrected chi connectivity index (χ1v) is 13.7. The normalized spacial score (nSPS) is 28.5. The molecule has 5 heteroatoms. The standard InChI is InChI=1S/C32H35NO4/c1-4-10-24(11-5-1)20-34-23-27-28(35-21-25-12-6-2-7-13-25)29(36-22-26-14-8-3-9-15-26)30-31(16-17-31)32(18-19-32)37-33(27)30/h1-15,27-30H,16-23H2/t27-,28-,29+,30-/m1/s1. The lowest BCUT2D eigenvalue weighted by atomic mass is 9.86. The van der Waals surface area contributed by atoms with E-state index in [0.29, 0.717) is 26.4 Å². The zero-order valence-electron chi connectivity index (χ0n) is 21.2. The van der Waals surface area contributed by atoms with Crippen molar-refractivity contribution in [3.8, 4) is 0 Å². The zero-order valence-corrected chi connectivity index (χ0v) is 21.2. The van der Waals surface area contributed by atoms with Crippen LogP contribution < -0.4 is 0 Å². The molecule has 192 valence electrons. The van der Waals surface area contributed by atoms with Crippen LogP contribution in [-0.2, 0) is 38.9 Å². The molecule has 2 aliphatic heterocycles. The van der Waals surface area contributed by atoms with Crippen LogP contribution in [-0.4, -0.2) is 41.6 Å². The molecular formula is C32H35NO4. The second-order valence-corrected chi connectivity index (χ2v) is 11.1. The molecule has 0 amide bonds. The molecule has 0 radical (unpaired) electrons. The summed E-state index contributed by atoms with van der Waals surface area (Å²) in [7, 11) is 0. The summed E-state index contributed by atoms with van der Waals surface area (Å²) >= 11 is 0. The van der Waals surface area contributed by atoms with E-state index in [-0.39, 0.29) is 35.3 Å². The minimum absolute atomic E-state index is 0.00804. The van der Waals surface area contributed by atoms with Crippen molar-refractivity contribution in [2.24, 2.45) is 5.41 Å². The minimum atomic E-state index is -0.140. The molecule has 3 aromatic carbocycles. The van der Waals surface area contributed by atoms with Crippen LogP contribution in [0.2, 0.25) is 0 Å². The highest BCUT2D eigenvalue weighted by Gasteiger charge is 2.80. The zero-order chi connectivity index (χ0) is 24.7. The lowest BCUT2D eigenvalue weighted by Gasteiger charge is -2.30. The third kappa shape index (κ3) is 4.33. The highest BCUT2D eigenvalue weighted by Crippen LogP contribution is 2.74. The van der Waals surface area contributed by atoms with E-state index in [4.69, 9.17) is 19.0 Å². The molecule has 4 fully saturated rings. The fraction of sp³-hybridized carbons (Fsp3) is 0.438. The maximum Gasteiger partial charge on any atom is 0.106 e. The molecule has 0 N–H and O–H groups in total. The third-order valence-corrected chi connectivity index (χ3v) is 8.83. The van der Waals surface area contributed by atoms with Crippen molar-refractivity contribution in [3.63, 3.8) is 0 Å². The summed E-state index contributed by atoms with van der Waals surface area (Å²) in [6.45, 7) is 2.24. The maximum absolute atomic E-state index is 6.83. The van der Waals surface area contributed by atoms with Gasteiger partial charge >= 0.3 is 0 Å². The molecule has 2 heterocycles. The van der Waals surface area contributed by atoms with Gasteiger partial charge < -0.3 is 14.2 Å². The predicted molar refractivity (Wildman–Crippen MR) is 140 cm³/mol. The first kappa shape index (κ1) is 23.6. The van der Waals surface area contributed by atoms with Gasteiger partial charge in [-0.15, -0.1) is 0 Å². The Morgan fingerprint density at radius 1 is 0.649 bits per heavy atom. The number of ether oxygens (including phenoxy) is 3. The first-order chi connectivity index (χ1) is 18.3. The van der Waals surface area contributed by atoms with Gasteiger partial charge in [-0.25, -0.2) is 0 Å². The molecule has 2 saturated carbocycles. The molecule has 4 atom stereocenters. The number of fused-ring (bicyclic) bond motifs is 3. The average molecular weight is 498 g/mol. The van der Waals surface area contributed by atoms with E-state index in [0.717, 1.165) is 12.8 Å². The highest BCUT2D eigenvalue weighted by molar-refractivity contribution is 5.29. The van der Waals surface area contributed by atoms with Gasteiger partial charge in [0.25, 0.3) is 0 Å². The lowest BCUT2D eigenvalue weighted by molar-refractivity contribution is -0.206. The van der Waals surface area contributed by atoms with Crippen molar-refractivity contribution in [1.82, 2.24) is 5.06 Å². The van der Waals surface area contributed by atoms with Crippen LogP contribution in [0.1, 0.15) is 42.4 Å². The Hall–Kier alpha value is -2.54. The SMILES string of the molecule is c1ccc(COC[C@@H]2[C@@H](OCc3ccccc3)[C@H](OCc3ccccc3)[C@H]3N2OC2(CC2)C32CC2)cc1. The molecule has 2 saturated heterocycles. The summed E-state index contributed by atoms with van der Waals surface area (Å²) in [5.41, 5.74) is 3.73. The molecule has 7 rings (SSSR count). The van der Waals surface area contributed by atoms with E-state index in [1.165, 1.54) is 29.5 Å². The van der Waals surface area contributed by atoms with Gasteiger partial charge in [-0.05, 0) is 42.4 Å². The second kappa shape index (κ2) is 9.64. The van der Waals surface area contributed by atoms with E-state index in [1.54, 1.807) is 0 Å². The molecular weight excluding hydrogens is 462 g/mol. The fourth-order valence-corrected chi connectivity index (χ4v) is 6.69. The minimum Gasteiger partial charge on any atom is -0.375 e. The van der Waals surface area contributed by atoms with Crippen LogP contribution in [0.15, 0.2) is 91.0 Å². The first-order valence-electron chi connectivity index (χ1n) is 13.7. The fourth-order valence-electron chi connectivity index (χ4n) is 6.69. The monoisotopic (exact) mass is 497 g/mol. The summed E-state index contributed by atoms with van der Waals surface area (Å²) in [6, 6.07) is 31.4. The van der Waals surface area contributed by atoms with Crippen LogP contribution in [0, 0.1) is 5.41 Å². The van der Waals surface area contributed by atoms with Gasteiger partial charge in [0.2, 0.25) is 0 Å². The van der Waals surface area contributed by atoms with Gasteiger partial charge in [-0.3, -0.25) is 4.84 Å². The van der Waals surface area contributed by atoms with Gasteiger partial charge in [0, 0.05) is 5.41 Å². The van der Waals surface area contributed by atoms with Crippen molar-refractivity contribution in [2.75, 3.05) is 6.61 Å². The molecule has 0 unspecified atom stereocenters. The van der Waals surface area contributed by atoms with E-state index < -0.39 is 0 Å². The summed E-state index contributed by atoms with van der Waals surface area (Å²) in [4.78, 5) is 6.83. The van der Waals surface area contributed by atoms with Crippen LogP contribution in [0.3, 0.4) is 0 Å². The van der Waals surface area contributed by atoms with E-state index in [2.05, 4.69) is 77.9 Å². The van der Waals surface area contributed by atoms with Crippen LogP contribution in [0.25, 0.3) is 0 Å². The highest BCUT2D eigenvalue weighted by atomic mass is 16.7. The van der Waals surface area contributed by atoms with Gasteiger partial charge in [-0.1, -0.05) is 91.0 Å². The van der Waals surface area contributed by atoms with Crippen molar-refractivity contribution in [2.45, 2.75) is 75.4 Å². The summed E-state index contributed by atoms with van der Waals surface area (Å²) < 4.78 is 19.8. The quantitative estimate of drug-likeness (QED) is 0.360. The Kier molecular flexibility index (Phi) is 6.14. The summed E-state index contributed by atoms with van der Waals surface area (Å²) in [6.07, 6.45) is 4.51. The Labute approximate surface area is 219 Å². The summed E-state index contributed by atoms with van der Waals surface area (Å²) in [5.74, 6) is 0. The molecule has 0 aromatic heterocycles. The molecule has 2 aliphatic carbocycles. The van der Waals surface area contributed by atoms with Crippen molar-refractivity contribution >= 4 is 0 Å². The van der Waals surface area contributed by atoms with Crippen molar-refractivity contribution in [1.29, 1.82) is 0 Å². The van der Waals surface area contributed by atoms with Gasteiger partial charge in [-0.2, -0.15) is 5.06 Å². The molecule has 4 aliphatic rings. The molecule has 0 bridgehead atoms. The smallest absolute Gasteiger partial charge is 0.106 e. The largest absolute Gasteiger partial charge is 0.375 e. The maximum atomic E-state index is 6.83. The molecule has 5 nitrogen and oxygen atoms in total. The Balaban J connectivity index is 1.16. The Morgan fingerprint density at radius 2 is 1.16 bits per heavy atom. The second-order valence-electron chi connectivity index (χ2n) is 11.1.